The van der Waals surface area contributed by atoms with Crippen molar-refractivity contribution in [2.75, 3.05) is 0 Å². The maximum absolute atomic E-state index is 5.80. The third-order valence-electron chi connectivity index (χ3n) is 3.55. The summed E-state index contributed by atoms with van der Waals surface area (Å²) in [5, 5.41) is 0. The molecule has 2 N–H and O–H groups in total. The van der Waals surface area contributed by atoms with Crippen LogP contribution in [0.3, 0.4) is 0 Å². The van der Waals surface area contributed by atoms with Crippen LogP contribution in [0, 0.1) is 11.3 Å². The number of rotatable bonds is 1. The molecular formula is C9H17N. The zero-order chi connectivity index (χ0) is 7.19. The summed E-state index contributed by atoms with van der Waals surface area (Å²) in [7, 11) is 0. The van der Waals surface area contributed by atoms with E-state index in [1.54, 1.807) is 0 Å². The van der Waals surface area contributed by atoms with Gasteiger partial charge in [0.25, 0.3) is 0 Å². The van der Waals surface area contributed by atoms with Crippen LogP contribution >= 0.6 is 0 Å². The molecule has 0 radical (unpaired) electrons. The standard InChI is InChI=1S/C9H17N/c1-7(10)8-5-9(6-8)3-2-4-9/h7-8H,2-6,10H2,1H3. The predicted molar refractivity (Wildman–Crippen MR) is 42.7 cm³/mol. The quantitative estimate of drug-likeness (QED) is 0.590. The van der Waals surface area contributed by atoms with Crippen molar-refractivity contribution in [2.45, 2.75) is 45.1 Å². The van der Waals surface area contributed by atoms with E-state index < -0.39 is 0 Å². The summed E-state index contributed by atoms with van der Waals surface area (Å²) < 4.78 is 0. The molecule has 1 spiro atoms. The third kappa shape index (κ3) is 0.800. The predicted octanol–water partition coefficient (Wildman–Crippen LogP) is 1.91. The van der Waals surface area contributed by atoms with E-state index >= 15 is 0 Å². The van der Waals surface area contributed by atoms with Gasteiger partial charge in [0.15, 0.2) is 0 Å². The second-order valence-corrected chi connectivity index (χ2v) is 4.38. The first kappa shape index (κ1) is 6.66. The highest BCUT2D eigenvalue weighted by atomic mass is 14.7. The Morgan fingerprint density at radius 1 is 1.40 bits per heavy atom. The average Bonchev–Trinajstić information content (AvgIpc) is 1.54. The number of nitrogens with two attached hydrogens (primary N) is 1. The number of hydrogen-bond donors (Lipinski definition) is 1. The van der Waals surface area contributed by atoms with E-state index in [0.29, 0.717) is 6.04 Å². The summed E-state index contributed by atoms with van der Waals surface area (Å²) in [5.74, 6) is 0.861. The number of hydrogen-bond acceptors (Lipinski definition) is 1. The Morgan fingerprint density at radius 2 is 2.00 bits per heavy atom. The summed E-state index contributed by atoms with van der Waals surface area (Å²) in [5.41, 5.74) is 6.62. The molecule has 2 rings (SSSR count). The minimum absolute atomic E-state index is 0.450. The van der Waals surface area contributed by atoms with E-state index in [1.165, 1.54) is 32.1 Å². The highest BCUT2D eigenvalue weighted by molar-refractivity contribution is 5.00. The molecule has 0 aliphatic heterocycles. The van der Waals surface area contributed by atoms with Gasteiger partial charge in [-0.25, -0.2) is 0 Å². The maximum atomic E-state index is 5.80. The minimum atomic E-state index is 0.450. The van der Waals surface area contributed by atoms with Crippen molar-refractivity contribution in [3.63, 3.8) is 0 Å². The lowest BCUT2D eigenvalue weighted by molar-refractivity contribution is -0.0324. The molecule has 0 bridgehead atoms. The highest BCUT2D eigenvalue weighted by Gasteiger charge is 2.48. The van der Waals surface area contributed by atoms with E-state index in [-0.39, 0.29) is 0 Å². The van der Waals surface area contributed by atoms with Crippen LogP contribution in [0.2, 0.25) is 0 Å². The van der Waals surface area contributed by atoms with E-state index in [2.05, 4.69) is 6.92 Å². The normalized spacial score (nSPS) is 33.0. The summed E-state index contributed by atoms with van der Waals surface area (Å²) in [4.78, 5) is 0. The van der Waals surface area contributed by atoms with Crippen LogP contribution in [0.4, 0.5) is 0 Å². The second-order valence-electron chi connectivity index (χ2n) is 4.38. The van der Waals surface area contributed by atoms with Gasteiger partial charge < -0.3 is 5.73 Å². The van der Waals surface area contributed by atoms with Crippen LogP contribution in [0.1, 0.15) is 39.0 Å². The Labute approximate surface area is 63.0 Å². The van der Waals surface area contributed by atoms with Crippen LogP contribution in [0.15, 0.2) is 0 Å². The lowest BCUT2D eigenvalue weighted by atomic mass is 9.51. The van der Waals surface area contributed by atoms with Gasteiger partial charge in [0, 0.05) is 6.04 Å². The van der Waals surface area contributed by atoms with E-state index in [1.807, 2.05) is 0 Å². The topological polar surface area (TPSA) is 26.0 Å². The molecule has 2 saturated carbocycles. The summed E-state index contributed by atoms with van der Waals surface area (Å²) in [6.45, 7) is 2.15. The van der Waals surface area contributed by atoms with Crippen molar-refractivity contribution in [3.8, 4) is 0 Å². The Bertz CT molecular complexity index is 128. The molecule has 2 aliphatic carbocycles. The first-order valence-electron chi connectivity index (χ1n) is 4.47. The zero-order valence-corrected chi connectivity index (χ0v) is 6.77. The third-order valence-corrected chi connectivity index (χ3v) is 3.55. The molecule has 0 aromatic heterocycles. The van der Waals surface area contributed by atoms with Gasteiger partial charge in [0.1, 0.15) is 0 Å². The van der Waals surface area contributed by atoms with Crippen molar-refractivity contribution in [2.24, 2.45) is 17.1 Å². The van der Waals surface area contributed by atoms with Gasteiger partial charge in [0.2, 0.25) is 0 Å². The van der Waals surface area contributed by atoms with Crippen LogP contribution in [-0.4, -0.2) is 6.04 Å². The Balaban J connectivity index is 1.82. The largest absolute Gasteiger partial charge is 0.328 e. The summed E-state index contributed by atoms with van der Waals surface area (Å²) >= 11 is 0. The van der Waals surface area contributed by atoms with Crippen molar-refractivity contribution in [1.29, 1.82) is 0 Å². The molecule has 0 aromatic carbocycles. The fourth-order valence-electron chi connectivity index (χ4n) is 2.51. The Hall–Kier alpha value is -0.0400. The van der Waals surface area contributed by atoms with Crippen molar-refractivity contribution in [3.05, 3.63) is 0 Å². The molecule has 1 atom stereocenters. The minimum Gasteiger partial charge on any atom is -0.328 e. The molecule has 2 aliphatic rings. The molecule has 0 saturated heterocycles. The van der Waals surface area contributed by atoms with Gasteiger partial charge in [-0.1, -0.05) is 6.42 Å². The molecule has 0 aromatic rings. The van der Waals surface area contributed by atoms with Crippen molar-refractivity contribution in [1.82, 2.24) is 0 Å². The van der Waals surface area contributed by atoms with Gasteiger partial charge in [-0.2, -0.15) is 0 Å². The first-order valence-corrected chi connectivity index (χ1v) is 4.47. The summed E-state index contributed by atoms with van der Waals surface area (Å²) in [6, 6.07) is 0.450. The highest BCUT2D eigenvalue weighted by Crippen LogP contribution is 2.59. The van der Waals surface area contributed by atoms with E-state index in [9.17, 15) is 0 Å². The zero-order valence-electron chi connectivity index (χ0n) is 6.77. The molecule has 10 heavy (non-hydrogen) atoms. The fraction of sp³-hybridized carbons (Fsp3) is 1.00. The monoisotopic (exact) mass is 139 g/mol. The molecule has 0 amide bonds. The molecule has 0 heterocycles. The van der Waals surface area contributed by atoms with Crippen molar-refractivity contribution >= 4 is 0 Å². The van der Waals surface area contributed by atoms with Crippen molar-refractivity contribution < 1.29 is 0 Å². The summed E-state index contributed by atoms with van der Waals surface area (Å²) in [6.07, 6.45) is 7.34. The molecule has 2 fully saturated rings. The molecule has 1 nitrogen and oxygen atoms in total. The SMILES string of the molecule is CC(N)C1CC2(CCC2)C1. The van der Waals surface area contributed by atoms with Crippen LogP contribution in [-0.2, 0) is 0 Å². The van der Waals surface area contributed by atoms with Crippen LogP contribution < -0.4 is 5.73 Å². The Morgan fingerprint density at radius 3 is 2.30 bits per heavy atom. The fourth-order valence-corrected chi connectivity index (χ4v) is 2.51. The van der Waals surface area contributed by atoms with Gasteiger partial charge in [0.05, 0.1) is 0 Å². The Kier molecular flexibility index (Phi) is 1.31. The van der Waals surface area contributed by atoms with Gasteiger partial charge in [-0.3, -0.25) is 0 Å². The molecule has 1 unspecified atom stereocenters. The molecule has 58 valence electrons. The lowest BCUT2D eigenvalue weighted by Gasteiger charge is -2.55. The smallest absolute Gasteiger partial charge is 0.00391 e. The second kappa shape index (κ2) is 1.97. The van der Waals surface area contributed by atoms with Gasteiger partial charge in [-0.05, 0) is 43.9 Å². The molecule has 1 heteroatoms. The van der Waals surface area contributed by atoms with Crippen LogP contribution in [0.25, 0.3) is 0 Å². The van der Waals surface area contributed by atoms with E-state index in [0.717, 1.165) is 11.3 Å². The van der Waals surface area contributed by atoms with Gasteiger partial charge >= 0.3 is 0 Å². The maximum Gasteiger partial charge on any atom is 0.00391 e. The van der Waals surface area contributed by atoms with Gasteiger partial charge in [-0.15, -0.1) is 0 Å². The molecular weight excluding hydrogens is 122 g/mol. The average molecular weight is 139 g/mol. The lowest BCUT2D eigenvalue weighted by Crippen LogP contribution is -2.48. The van der Waals surface area contributed by atoms with E-state index in [4.69, 9.17) is 5.73 Å². The first-order chi connectivity index (χ1) is 4.72. The van der Waals surface area contributed by atoms with Crippen LogP contribution in [0.5, 0.6) is 0 Å².